The number of carbonyl (C=O) groups excluding carboxylic acids is 2. The lowest BCUT2D eigenvalue weighted by Gasteiger charge is -2.35. The van der Waals surface area contributed by atoms with Gasteiger partial charge in [0.05, 0.1) is 40.0 Å². The highest BCUT2D eigenvalue weighted by Crippen LogP contribution is 2.32. The molecular formula is C47H51N11O3S2. The van der Waals surface area contributed by atoms with Gasteiger partial charge in [-0.3, -0.25) is 28.4 Å². The average Bonchev–Trinajstić information content (AvgIpc) is 4.07. The highest BCUT2D eigenvalue weighted by Gasteiger charge is 2.26. The molecule has 2 aliphatic rings. The third-order valence-electron chi connectivity index (χ3n) is 11.1. The Hall–Kier alpha value is -6.04. The van der Waals surface area contributed by atoms with Crippen molar-refractivity contribution in [2.24, 2.45) is 0 Å². The Morgan fingerprint density at radius 1 is 0.714 bits per heavy atom. The normalized spacial score (nSPS) is 15.2. The molecule has 63 heavy (non-hydrogen) atoms. The van der Waals surface area contributed by atoms with E-state index in [0.717, 1.165) is 118 Å². The zero-order valence-electron chi connectivity index (χ0n) is 35.7. The van der Waals surface area contributed by atoms with Gasteiger partial charge in [0.25, 0.3) is 0 Å². The fourth-order valence-electron chi connectivity index (χ4n) is 7.95. The van der Waals surface area contributed by atoms with Crippen molar-refractivity contribution in [1.29, 1.82) is 0 Å². The number of nitrogens with two attached hydrogens (primary N) is 1. The Labute approximate surface area is 374 Å². The van der Waals surface area contributed by atoms with E-state index in [9.17, 15) is 9.59 Å². The summed E-state index contributed by atoms with van der Waals surface area (Å²) >= 11 is 3.25. The van der Waals surface area contributed by atoms with Gasteiger partial charge < -0.3 is 20.7 Å². The van der Waals surface area contributed by atoms with Gasteiger partial charge >= 0.3 is 6.09 Å². The third kappa shape index (κ3) is 9.80. The molecule has 0 bridgehead atoms. The van der Waals surface area contributed by atoms with Crippen LogP contribution in [-0.2, 0) is 24.2 Å². The number of nitrogens with one attached hydrogen (secondary N) is 1. The van der Waals surface area contributed by atoms with E-state index in [-0.39, 0.29) is 18.3 Å². The second-order valence-corrected chi connectivity index (χ2v) is 18.5. The van der Waals surface area contributed by atoms with Crippen LogP contribution < -0.4 is 11.1 Å². The van der Waals surface area contributed by atoms with Crippen LogP contribution in [0.4, 0.5) is 10.5 Å². The molecule has 1 amide bonds. The number of para-hydroxylation sites is 3. The number of imidazole rings is 2. The molecule has 0 unspecified atom stereocenters. The Morgan fingerprint density at radius 3 is 1.94 bits per heavy atom. The maximum Gasteiger partial charge on any atom is 0.410 e. The minimum Gasteiger partial charge on any atom is -0.444 e. The molecule has 8 aromatic rings. The van der Waals surface area contributed by atoms with Crippen molar-refractivity contribution in [2.45, 2.75) is 45.9 Å². The summed E-state index contributed by atoms with van der Waals surface area (Å²) in [5.41, 5.74) is 15.6. The van der Waals surface area contributed by atoms with Crippen molar-refractivity contribution in [3.05, 3.63) is 125 Å². The van der Waals surface area contributed by atoms with E-state index in [4.69, 9.17) is 20.4 Å². The number of ether oxygens (including phenoxy) is 1. The monoisotopic (exact) mass is 881 g/mol. The van der Waals surface area contributed by atoms with E-state index in [0.29, 0.717) is 18.8 Å². The average molecular weight is 882 g/mol. The molecule has 0 saturated carbocycles. The summed E-state index contributed by atoms with van der Waals surface area (Å²) in [5, 5.41) is 7.61. The first-order chi connectivity index (χ1) is 30.5. The maximum absolute atomic E-state index is 13.1. The number of hydrogen-bond acceptors (Lipinski definition) is 13. The first kappa shape index (κ1) is 42.3. The number of piperazine rings is 2. The van der Waals surface area contributed by atoms with Gasteiger partial charge in [-0.2, -0.15) is 0 Å². The van der Waals surface area contributed by atoms with Crippen LogP contribution in [0.5, 0.6) is 0 Å². The van der Waals surface area contributed by atoms with Gasteiger partial charge in [0.2, 0.25) is 0 Å². The largest absolute Gasteiger partial charge is 0.444 e. The Bertz CT molecular complexity index is 2880. The molecule has 0 radical (unpaired) electrons. The quantitative estimate of drug-likeness (QED) is 0.109. The lowest BCUT2D eigenvalue weighted by Crippen LogP contribution is -2.49. The second kappa shape index (κ2) is 18.4. The third-order valence-corrected chi connectivity index (χ3v) is 12.8. The number of rotatable bonds is 9. The highest BCUT2D eigenvalue weighted by atomic mass is 32.1. The van der Waals surface area contributed by atoms with E-state index in [2.05, 4.69) is 63.1 Å². The zero-order valence-corrected chi connectivity index (χ0v) is 37.4. The Morgan fingerprint density at radius 2 is 1.29 bits per heavy atom. The van der Waals surface area contributed by atoms with E-state index >= 15 is 0 Å². The zero-order chi connectivity index (χ0) is 43.5. The molecule has 2 aliphatic heterocycles. The van der Waals surface area contributed by atoms with Crippen LogP contribution in [0.1, 0.15) is 48.2 Å². The lowest BCUT2D eigenvalue weighted by atomic mass is 9.99. The van der Waals surface area contributed by atoms with Crippen molar-refractivity contribution >= 4 is 61.2 Å². The van der Waals surface area contributed by atoms with Crippen LogP contribution in [0, 0.1) is 0 Å². The molecule has 7 heterocycles. The molecule has 3 aromatic carbocycles. The van der Waals surface area contributed by atoms with Crippen LogP contribution in [0.15, 0.2) is 102 Å². The van der Waals surface area contributed by atoms with Crippen molar-refractivity contribution in [2.75, 3.05) is 58.1 Å². The summed E-state index contributed by atoms with van der Waals surface area (Å²) in [6.45, 7) is 14.4. The number of ketones is 1. The van der Waals surface area contributed by atoms with E-state index in [1.54, 1.807) is 33.8 Å². The number of benzene rings is 3. The summed E-state index contributed by atoms with van der Waals surface area (Å²) in [5.74, 6) is -0.0396. The molecule has 16 heteroatoms. The van der Waals surface area contributed by atoms with Crippen LogP contribution in [-0.4, -0.2) is 113 Å². The molecular weight excluding hydrogens is 831 g/mol. The SMILES string of the molecule is CC(C)(C)OC(=O)N1CCN(Cc2cn3c(-c4ccccc4N)csc3n2)CC1.O=C(Cc1ccccc1-c1csc2nc(CN3CCNCC3)cn12)c1cnc2ccccc2n1. The number of fused-ring (bicyclic) bond motifs is 3. The van der Waals surface area contributed by atoms with Gasteiger partial charge in [-0.05, 0) is 44.5 Å². The summed E-state index contributed by atoms with van der Waals surface area (Å²) < 4.78 is 9.74. The van der Waals surface area contributed by atoms with Gasteiger partial charge in [-0.15, -0.1) is 22.7 Å². The summed E-state index contributed by atoms with van der Waals surface area (Å²) in [7, 11) is 0. The highest BCUT2D eigenvalue weighted by molar-refractivity contribution is 7.15. The number of Topliss-reactive ketones (excluding diaryl/α,β-unsaturated/α-hetero) is 1. The molecule has 10 rings (SSSR count). The van der Waals surface area contributed by atoms with Crippen LogP contribution in [0.2, 0.25) is 0 Å². The Kier molecular flexibility index (Phi) is 12.3. The molecule has 2 fully saturated rings. The molecule has 5 aromatic heterocycles. The van der Waals surface area contributed by atoms with Crippen molar-refractivity contribution < 1.29 is 14.3 Å². The molecule has 2 saturated heterocycles. The summed E-state index contributed by atoms with van der Waals surface area (Å²) in [6.07, 6.45) is 5.84. The van der Waals surface area contributed by atoms with Crippen molar-refractivity contribution in [1.82, 2.24) is 48.8 Å². The minimum absolute atomic E-state index is 0.0396. The topological polar surface area (TPSA) is 152 Å². The van der Waals surface area contributed by atoms with E-state index in [1.165, 1.54) is 0 Å². The number of amides is 1. The first-order valence-electron chi connectivity index (χ1n) is 21.3. The molecule has 0 aliphatic carbocycles. The van der Waals surface area contributed by atoms with Crippen molar-refractivity contribution in [3.8, 4) is 22.5 Å². The van der Waals surface area contributed by atoms with E-state index in [1.807, 2.05) is 87.5 Å². The van der Waals surface area contributed by atoms with Crippen LogP contribution in [0.3, 0.4) is 0 Å². The number of nitrogen functional groups attached to an aromatic ring is 1. The summed E-state index contributed by atoms with van der Waals surface area (Å²) in [4.78, 5) is 52.4. The molecule has 0 atom stereocenters. The fraction of sp³-hybridized carbons (Fsp3) is 0.319. The van der Waals surface area contributed by atoms with Crippen LogP contribution in [0.25, 0.3) is 43.5 Å². The van der Waals surface area contributed by atoms with Gasteiger partial charge in [0.15, 0.2) is 15.7 Å². The second-order valence-electron chi connectivity index (χ2n) is 16.9. The van der Waals surface area contributed by atoms with E-state index < -0.39 is 5.60 Å². The predicted molar refractivity (Wildman–Crippen MR) is 250 cm³/mol. The Balaban J connectivity index is 0.000000162. The van der Waals surface area contributed by atoms with Gasteiger partial charge in [-0.1, -0.05) is 54.6 Å². The lowest BCUT2D eigenvalue weighted by molar-refractivity contribution is 0.0138. The molecule has 14 nitrogen and oxygen atoms in total. The minimum atomic E-state index is -0.462. The number of carbonyl (C=O) groups is 2. The number of thiazole rings is 2. The van der Waals surface area contributed by atoms with Gasteiger partial charge in [-0.25, -0.2) is 19.7 Å². The number of hydrogen-bond donors (Lipinski definition) is 2. The molecule has 324 valence electrons. The fourth-order valence-corrected chi connectivity index (χ4v) is 9.74. The van der Waals surface area contributed by atoms with Gasteiger partial charge in [0, 0.05) is 112 Å². The first-order valence-corrected chi connectivity index (χ1v) is 23.0. The predicted octanol–water partition coefficient (Wildman–Crippen LogP) is 7.53. The van der Waals surface area contributed by atoms with Crippen molar-refractivity contribution in [3.63, 3.8) is 0 Å². The smallest absolute Gasteiger partial charge is 0.410 e. The number of anilines is 1. The van der Waals surface area contributed by atoms with Gasteiger partial charge in [0.1, 0.15) is 11.3 Å². The maximum atomic E-state index is 13.1. The summed E-state index contributed by atoms with van der Waals surface area (Å²) in [6, 6.07) is 23.6. The van der Waals surface area contributed by atoms with Crippen LogP contribution >= 0.6 is 22.7 Å². The molecule has 3 N–H and O–H groups in total. The molecule has 0 spiro atoms. The number of nitrogens with zero attached hydrogens (tertiary/aromatic N) is 9. The number of aromatic nitrogens is 6. The standard InChI is InChI=1S/C26H24N6OS.C21H27N5O2S/c33-25(23-14-28-21-7-3-4-8-22(21)30-23)13-18-5-1-2-6-20(18)24-17-34-26-29-19(16-32(24)26)15-31-11-9-27-10-12-31;1-21(2,3)28-20(27)25-10-8-24(9-11-25)12-15-13-26-18(14-29-19(26)23-15)16-6-4-5-7-17(16)22/h1-8,14,16-17,27H,9-13,15H2;4-7,13-14H,8-12,22H2,1-3H3.